The summed E-state index contributed by atoms with van der Waals surface area (Å²) in [5.41, 5.74) is -5.61. The number of hydrogen-bond donors (Lipinski definition) is 0. The highest BCUT2D eigenvalue weighted by Gasteiger charge is 2.41. The summed E-state index contributed by atoms with van der Waals surface area (Å²) in [5, 5.41) is 0. The summed E-state index contributed by atoms with van der Waals surface area (Å²) in [4.78, 5) is 53.2. The van der Waals surface area contributed by atoms with Gasteiger partial charge in [-0.1, -0.05) is 19.9 Å². The number of nitrogens with zero attached hydrogens (tertiary/aromatic N) is 2. The van der Waals surface area contributed by atoms with E-state index in [2.05, 4.69) is 21.0 Å². The van der Waals surface area contributed by atoms with Crippen molar-refractivity contribution in [3.05, 3.63) is 35.7 Å². The maximum absolute atomic E-state index is 13.8. The van der Waals surface area contributed by atoms with Crippen LogP contribution in [0.25, 0.3) is 0 Å². The Morgan fingerprint density at radius 1 is 1.03 bits per heavy atom. The van der Waals surface area contributed by atoms with E-state index in [1.165, 1.54) is 26.8 Å². The van der Waals surface area contributed by atoms with E-state index in [1.54, 1.807) is 0 Å². The summed E-state index contributed by atoms with van der Waals surface area (Å²) in [7, 11) is 1.77. The van der Waals surface area contributed by atoms with Crippen molar-refractivity contribution < 1.29 is 46.6 Å². The van der Waals surface area contributed by atoms with Crippen LogP contribution >= 0.6 is 0 Å². The van der Waals surface area contributed by atoms with E-state index < -0.39 is 58.4 Å². The third-order valence-corrected chi connectivity index (χ3v) is 3.70. The molecule has 12 heteroatoms. The number of carbonyl (C=O) groups excluding carboxylic acids is 4. The molecule has 0 spiro atoms. The number of esters is 1. The number of ether oxygens (including phenoxy) is 3. The van der Waals surface area contributed by atoms with Crippen LogP contribution in [0, 0.1) is 0 Å². The van der Waals surface area contributed by atoms with Crippen molar-refractivity contribution in [2.75, 3.05) is 19.1 Å². The predicted octanol–water partition coefficient (Wildman–Crippen LogP) is 5.57. The fraction of sp³-hybridized carbons (Fsp3) is 0.500. The summed E-state index contributed by atoms with van der Waals surface area (Å²) in [5.74, 6) is -2.33. The minimum atomic E-state index is -5.12. The van der Waals surface area contributed by atoms with Gasteiger partial charge in [-0.15, -0.1) is 6.58 Å². The maximum Gasteiger partial charge on any atom is 0.424 e. The number of allylic oxidation sites excluding steroid dienone is 1. The number of carbonyl (C=O) groups is 4. The molecule has 1 rings (SSSR count). The lowest BCUT2D eigenvalue weighted by Crippen LogP contribution is -2.42. The van der Waals surface area contributed by atoms with E-state index in [1.807, 2.05) is 13.8 Å². The Morgan fingerprint density at radius 3 is 2.00 bits per heavy atom. The Hall–Kier alpha value is -3.44. The highest BCUT2D eigenvalue weighted by Crippen LogP contribution is 2.36. The molecule has 9 nitrogen and oxygen atoms in total. The Balaban J connectivity index is 0.00000529. The van der Waals surface area contributed by atoms with Crippen molar-refractivity contribution in [1.29, 1.82) is 0 Å². The number of alkyl halides is 3. The molecule has 1 aromatic heterocycles. The number of aromatic nitrogens is 1. The number of Topliss-reactive ketones (excluding diaryl/α,β-unsaturated/α-hetero) is 1. The summed E-state index contributed by atoms with van der Waals surface area (Å²) < 4.78 is 55.3. The number of amides is 2. The number of ketones is 1. The molecule has 0 fully saturated rings. The molecule has 0 aromatic carbocycles. The number of methoxy groups -OCH3 is 2. The molecule has 190 valence electrons. The lowest BCUT2D eigenvalue weighted by atomic mass is 10.0. The Bertz CT molecular complexity index is 922. The number of rotatable bonds is 6. The van der Waals surface area contributed by atoms with Crippen LogP contribution in [0.4, 0.5) is 28.4 Å². The molecule has 0 bridgehead atoms. The monoisotopic (exact) mass is 490 g/mol. The summed E-state index contributed by atoms with van der Waals surface area (Å²) >= 11 is 0. The fourth-order valence-electron chi connectivity index (χ4n) is 2.37. The normalized spacial score (nSPS) is 10.9. The second-order valence-corrected chi connectivity index (χ2v) is 7.28. The van der Waals surface area contributed by atoms with Crippen LogP contribution in [0.1, 0.15) is 74.0 Å². The summed E-state index contributed by atoms with van der Waals surface area (Å²) in [6, 6.07) is 0.279. The zero-order valence-corrected chi connectivity index (χ0v) is 20.2. The first-order chi connectivity index (χ1) is 15.7. The number of halogens is 3. The average molecular weight is 490 g/mol. The van der Waals surface area contributed by atoms with Gasteiger partial charge in [0.05, 0.1) is 25.5 Å². The number of anilines is 1. The molecule has 0 N–H and O–H groups in total. The first-order valence-electron chi connectivity index (χ1n) is 10.1. The first kappa shape index (κ1) is 30.6. The van der Waals surface area contributed by atoms with Gasteiger partial charge < -0.3 is 14.2 Å². The zero-order valence-electron chi connectivity index (χ0n) is 20.2. The molecular formula is C22H29F3N2O7. The molecule has 0 saturated carbocycles. The molecule has 34 heavy (non-hydrogen) atoms. The van der Waals surface area contributed by atoms with Crippen molar-refractivity contribution in [2.45, 2.75) is 59.2 Å². The third-order valence-electron chi connectivity index (χ3n) is 3.70. The van der Waals surface area contributed by atoms with Gasteiger partial charge in [0.25, 0.3) is 0 Å². The molecular weight excluding hydrogens is 461 g/mol. The van der Waals surface area contributed by atoms with Gasteiger partial charge in [-0.2, -0.15) is 18.1 Å². The summed E-state index contributed by atoms with van der Waals surface area (Å²) in [6.07, 6.45) is -7.00. The van der Waals surface area contributed by atoms with Gasteiger partial charge in [0.2, 0.25) is 0 Å². The number of hydrogen-bond acceptors (Lipinski definition) is 8. The second-order valence-electron chi connectivity index (χ2n) is 7.28. The van der Waals surface area contributed by atoms with Crippen LogP contribution in [0.15, 0.2) is 18.7 Å². The highest BCUT2D eigenvalue weighted by atomic mass is 19.4. The van der Waals surface area contributed by atoms with Gasteiger partial charge in [0.1, 0.15) is 11.3 Å². The largest absolute Gasteiger partial charge is 0.464 e. The molecule has 0 unspecified atom stereocenters. The lowest BCUT2D eigenvalue weighted by molar-refractivity contribution is -0.138. The number of imide groups is 1. The van der Waals surface area contributed by atoms with Crippen LogP contribution in [-0.2, 0) is 20.4 Å². The number of pyridine rings is 1. The Morgan fingerprint density at radius 2 is 1.59 bits per heavy atom. The van der Waals surface area contributed by atoms with E-state index >= 15 is 0 Å². The molecule has 0 atom stereocenters. The van der Waals surface area contributed by atoms with Crippen LogP contribution in [-0.4, -0.2) is 48.7 Å². The summed E-state index contributed by atoms with van der Waals surface area (Å²) in [6.45, 7) is 11.7. The van der Waals surface area contributed by atoms with Crippen LogP contribution < -0.4 is 4.90 Å². The Labute approximate surface area is 195 Å². The quantitative estimate of drug-likeness (QED) is 0.220. The van der Waals surface area contributed by atoms with Crippen molar-refractivity contribution in [3.63, 3.8) is 0 Å². The van der Waals surface area contributed by atoms with E-state index in [-0.39, 0.29) is 23.8 Å². The van der Waals surface area contributed by atoms with E-state index in [4.69, 9.17) is 4.74 Å². The second kappa shape index (κ2) is 12.7. The van der Waals surface area contributed by atoms with Crippen molar-refractivity contribution in [2.24, 2.45) is 0 Å². The maximum atomic E-state index is 13.8. The lowest BCUT2D eigenvalue weighted by Gasteiger charge is -2.26. The SMILES string of the molecule is C=CCCC(=O)c1nc(C(=O)OC)c(N(C(=O)OC)C(=O)OC(C)(C)C)cc1C(F)(F)F.CC. The zero-order chi connectivity index (χ0) is 26.9. The predicted molar refractivity (Wildman–Crippen MR) is 117 cm³/mol. The molecule has 0 radical (unpaired) electrons. The van der Waals surface area contributed by atoms with Crippen molar-refractivity contribution >= 4 is 29.6 Å². The molecule has 0 saturated heterocycles. The third kappa shape index (κ3) is 8.16. The highest BCUT2D eigenvalue weighted by molar-refractivity contribution is 6.13. The smallest absolute Gasteiger partial charge is 0.424 e. The van der Waals surface area contributed by atoms with Crippen LogP contribution in [0.5, 0.6) is 0 Å². The molecule has 0 aliphatic rings. The van der Waals surface area contributed by atoms with Crippen molar-refractivity contribution in [3.8, 4) is 0 Å². The minimum Gasteiger partial charge on any atom is -0.464 e. The van der Waals surface area contributed by atoms with Crippen molar-refractivity contribution in [1.82, 2.24) is 4.98 Å². The van der Waals surface area contributed by atoms with Gasteiger partial charge in [0.15, 0.2) is 11.5 Å². The minimum absolute atomic E-state index is 0.0549. The van der Waals surface area contributed by atoms with Gasteiger partial charge in [-0.05, 0) is 33.3 Å². The van der Waals surface area contributed by atoms with Gasteiger partial charge in [0, 0.05) is 6.42 Å². The first-order valence-corrected chi connectivity index (χ1v) is 10.1. The molecule has 1 heterocycles. The van der Waals surface area contributed by atoms with Gasteiger partial charge in [-0.3, -0.25) is 4.79 Å². The molecule has 0 aliphatic heterocycles. The fourth-order valence-corrected chi connectivity index (χ4v) is 2.37. The van der Waals surface area contributed by atoms with E-state index in [0.29, 0.717) is 0 Å². The standard InChI is InChI=1S/C20H23F3N2O7.C2H6/c1-7-8-9-13(26)14-11(20(21,22)23)10-12(15(24-14)16(27)30-5)25(17(28)31-6)18(29)32-19(2,3)4;1-2/h7,10H,1,8-9H2,2-6H3;1-2H3. The topological polar surface area (TPSA) is 112 Å². The molecule has 0 aliphatic carbocycles. The van der Waals surface area contributed by atoms with Gasteiger partial charge >= 0.3 is 24.3 Å². The average Bonchev–Trinajstić information content (AvgIpc) is 2.75. The Kier molecular flexibility index (Phi) is 11.4. The molecule has 1 aromatic rings. The van der Waals surface area contributed by atoms with Gasteiger partial charge in [-0.25, -0.2) is 19.4 Å². The molecule has 2 amide bonds. The van der Waals surface area contributed by atoms with Crippen LogP contribution in [0.3, 0.4) is 0 Å². The van der Waals surface area contributed by atoms with E-state index in [0.717, 1.165) is 14.2 Å². The van der Waals surface area contributed by atoms with E-state index in [9.17, 15) is 32.3 Å². The van der Waals surface area contributed by atoms with Crippen LogP contribution in [0.2, 0.25) is 0 Å².